The maximum absolute atomic E-state index is 10.2. The molecule has 0 amide bonds. The molecule has 3 heteroatoms. The topological polar surface area (TPSA) is 63.3 Å². The van der Waals surface area contributed by atoms with Crippen LogP contribution in [0.1, 0.15) is 47.0 Å². The second-order valence-electron chi connectivity index (χ2n) is 3.25. The fraction of sp³-hybridized carbons (Fsp3) is 0.900. The van der Waals surface area contributed by atoms with E-state index in [9.17, 15) is 4.79 Å². The molecule has 0 aromatic heterocycles. The van der Waals surface area contributed by atoms with Crippen LogP contribution >= 0.6 is 0 Å². The Balaban J connectivity index is 0. The molecule has 0 aliphatic heterocycles. The van der Waals surface area contributed by atoms with Gasteiger partial charge in [0.15, 0.2) is 0 Å². The number of carboxylic acids is 1. The molecule has 0 heterocycles. The Labute approximate surface area is 81.3 Å². The van der Waals surface area contributed by atoms with E-state index in [0.29, 0.717) is 0 Å². The zero-order valence-corrected chi connectivity index (χ0v) is 9.21. The molecular formula is C10H23NO2. The summed E-state index contributed by atoms with van der Waals surface area (Å²) in [5.41, 5.74) is 5.27. The summed E-state index contributed by atoms with van der Waals surface area (Å²) in [5.74, 6) is -0.841. The van der Waals surface area contributed by atoms with E-state index in [4.69, 9.17) is 10.8 Å². The maximum Gasteiger partial charge on any atom is 0.320 e. The van der Waals surface area contributed by atoms with Gasteiger partial charge in [0.25, 0.3) is 0 Å². The van der Waals surface area contributed by atoms with Gasteiger partial charge in [-0.2, -0.15) is 0 Å². The summed E-state index contributed by atoms with van der Waals surface area (Å²) in [6.45, 7) is 8.12. The summed E-state index contributed by atoms with van der Waals surface area (Å²) in [7, 11) is 0. The number of aliphatic carboxylic acids is 1. The molecule has 2 atom stereocenters. The second kappa shape index (κ2) is 9.52. The summed E-state index contributed by atoms with van der Waals surface area (Å²) in [4.78, 5) is 10.2. The molecule has 13 heavy (non-hydrogen) atoms. The van der Waals surface area contributed by atoms with Crippen molar-refractivity contribution >= 4 is 5.97 Å². The fourth-order valence-corrected chi connectivity index (χ4v) is 0.497. The van der Waals surface area contributed by atoms with E-state index in [-0.39, 0.29) is 5.92 Å². The van der Waals surface area contributed by atoms with Gasteiger partial charge in [-0.05, 0) is 5.92 Å². The van der Waals surface area contributed by atoms with Crippen molar-refractivity contribution < 1.29 is 9.90 Å². The SMILES string of the molecule is CCCC.CC[C@H](C)[C@H](N)C(=O)O. The van der Waals surface area contributed by atoms with Gasteiger partial charge in [-0.3, -0.25) is 4.79 Å². The molecule has 0 saturated carbocycles. The van der Waals surface area contributed by atoms with Crippen LogP contribution in [-0.2, 0) is 4.79 Å². The Morgan fingerprint density at radius 1 is 1.31 bits per heavy atom. The first kappa shape index (κ1) is 14.9. The minimum atomic E-state index is -0.913. The highest BCUT2D eigenvalue weighted by atomic mass is 16.4. The van der Waals surface area contributed by atoms with Crippen molar-refractivity contribution in [2.75, 3.05) is 0 Å². The van der Waals surface area contributed by atoms with E-state index in [2.05, 4.69) is 13.8 Å². The lowest BCUT2D eigenvalue weighted by molar-refractivity contribution is -0.139. The zero-order chi connectivity index (χ0) is 10.9. The van der Waals surface area contributed by atoms with Crippen LogP contribution in [0.25, 0.3) is 0 Å². The average Bonchev–Trinajstić information content (AvgIpc) is 2.15. The first-order chi connectivity index (χ1) is 6.01. The summed E-state index contributed by atoms with van der Waals surface area (Å²) in [6.07, 6.45) is 3.45. The Bertz CT molecular complexity index is 124. The lowest BCUT2D eigenvalue weighted by Crippen LogP contribution is -2.36. The predicted molar refractivity (Wildman–Crippen MR) is 55.6 cm³/mol. The van der Waals surface area contributed by atoms with Crippen LogP contribution in [0.5, 0.6) is 0 Å². The van der Waals surface area contributed by atoms with Crippen LogP contribution in [-0.4, -0.2) is 17.1 Å². The molecule has 0 aliphatic rings. The van der Waals surface area contributed by atoms with Crippen LogP contribution in [0, 0.1) is 5.92 Å². The third-order valence-corrected chi connectivity index (χ3v) is 2.04. The van der Waals surface area contributed by atoms with Gasteiger partial charge in [0.2, 0.25) is 0 Å². The van der Waals surface area contributed by atoms with Gasteiger partial charge in [0.05, 0.1) is 0 Å². The molecule has 0 aromatic rings. The molecule has 0 spiro atoms. The molecule has 80 valence electrons. The number of carboxylic acid groups (broad SMARTS) is 1. The third kappa shape index (κ3) is 9.34. The maximum atomic E-state index is 10.2. The van der Waals surface area contributed by atoms with Crippen LogP contribution in [0.2, 0.25) is 0 Å². The third-order valence-electron chi connectivity index (χ3n) is 2.04. The molecule has 3 N–H and O–H groups in total. The summed E-state index contributed by atoms with van der Waals surface area (Å²) >= 11 is 0. The molecule has 0 unspecified atom stereocenters. The van der Waals surface area contributed by atoms with Crippen LogP contribution in [0.4, 0.5) is 0 Å². The fourth-order valence-electron chi connectivity index (χ4n) is 0.497. The molecule has 0 bridgehead atoms. The Kier molecular flexibility index (Phi) is 10.9. The first-order valence-corrected chi connectivity index (χ1v) is 4.99. The summed E-state index contributed by atoms with van der Waals surface area (Å²) < 4.78 is 0. The molecular weight excluding hydrogens is 166 g/mol. The quantitative estimate of drug-likeness (QED) is 0.713. The molecule has 0 rings (SSSR count). The van der Waals surface area contributed by atoms with Gasteiger partial charge in [-0.25, -0.2) is 0 Å². The predicted octanol–water partition coefficient (Wildman–Crippen LogP) is 2.25. The lowest BCUT2D eigenvalue weighted by Gasteiger charge is -2.11. The van der Waals surface area contributed by atoms with Crippen molar-refractivity contribution in [3.63, 3.8) is 0 Å². The van der Waals surface area contributed by atoms with E-state index in [1.54, 1.807) is 0 Å². The number of carbonyl (C=O) groups is 1. The number of hydrogen-bond acceptors (Lipinski definition) is 2. The lowest BCUT2D eigenvalue weighted by atomic mass is 10.0. The highest BCUT2D eigenvalue weighted by molar-refractivity contribution is 5.73. The van der Waals surface area contributed by atoms with Gasteiger partial charge in [-0.1, -0.05) is 47.0 Å². The van der Waals surface area contributed by atoms with Crippen LogP contribution in [0.15, 0.2) is 0 Å². The van der Waals surface area contributed by atoms with Crippen molar-refractivity contribution in [3.8, 4) is 0 Å². The van der Waals surface area contributed by atoms with Crippen molar-refractivity contribution in [1.29, 1.82) is 0 Å². The van der Waals surface area contributed by atoms with E-state index in [1.165, 1.54) is 12.8 Å². The molecule has 0 saturated heterocycles. The van der Waals surface area contributed by atoms with Crippen molar-refractivity contribution in [2.45, 2.75) is 53.0 Å². The van der Waals surface area contributed by atoms with E-state index in [1.807, 2.05) is 13.8 Å². The highest BCUT2D eigenvalue weighted by Gasteiger charge is 2.17. The minimum Gasteiger partial charge on any atom is -0.480 e. The molecule has 0 aliphatic carbocycles. The summed E-state index contributed by atoms with van der Waals surface area (Å²) in [6, 6.07) is -0.699. The Morgan fingerprint density at radius 2 is 1.69 bits per heavy atom. The number of hydrogen-bond donors (Lipinski definition) is 2. The number of unbranched alkanes of at least 4 members (excludes halogenated alkanes) is 1. The van der Waals surface area contributed by atoms with E-state index >= 15 is 0 Å². The smallest absolute Gasteiger partial charge is 0.320 e. The van der Waals surface area contributed by atoms with Crippen molar-refractivity contribution in [3.05, 3.63) is 0 Å². The standard InChI is InChI=1S/C6H13NO2.C4H10/c1-3-4(2)5(7)6(8)9;1-3-4-2/h4-5H,3,7H2,1-2H3,(H,8,9);3-4H2,1-2H3/t4-,5-;/m0./s1. The summed E-state index contributed by atoms with van der Waals surface area (Å²) in [5, 5.41) is 8.36. The molecule has 0 radical (unpaired) electrons. The Morgan fingerprint density at radius 3 is 1.77 bits per heavy atom. The van der Waals surface area contributed by atoms with Crippen molar-refractivity contribution in [1.82, 2.24) is 0 Å². The van der Waals surface area contributed by atoms with Gasteiger partial charge < -0.3 is 10.8 Å². The van der Waals surface area contributed by atoms with Gasteiger partial charge >= 0.3 is 5.97 Å². The van der Waals surface area contributed by atoms with E-state index < -0.39 is 12.0 Å². The number of nitrogens with two attached hydrogens (primary N) is 1. The van der Waals surface area contributed by atoms with Gasteiger partial charge in [0, 0.05) is 0 Å². The van der Waals surface area contributed by atoms with E-state index in [0.717, 1.165) is 6.42 Å². The van der Waals surface area contributed by atoms with Crippen LogP contribution in [0.3, 0.4) is 0 Å². The van der Waals surface area contributed by atoms with Gasteiger partial charge in [-0.15, -0.1) is 0 Å². The molecule has 0 fully saturated rings. The largest absolute Gasteiger partial charge is 0.480 e. The monoisotopic (exact) mass is 189 g/mol. The van der Waals surface area contributed by atoms with Gasteiger partial charge in [0.1, 0.15) is 6.04 Å². The first-order valence-electron chi connectivity index (χ1n) is 4.99. The van der Waals surface area contributed by atoms with Crippen LogP contribution < -0.4 is 5.73 Å². The minimum absolute atomic E-state index is 0.0718. The average molecular weight is 189 g/mol. The molecule has 0 aromatic carbocycles. The Hall–Kier alpha value is -0.570. The van der Waals surface area contributed by atoms with Crippen molar-refractivity contribution in [2.24, 2.45) is 11.7 Å². The number of rotatable bonds is 4. The second-order valence-corrected chi connectivity index (χ2v) is 3.25. The zero-order valence-electron chi connectivity index (χ0n) is 9.21. The normalized spacial score (nSPS) is 13.9. The molecule has 3 nitrogen and oxygen atoms in total. The highest BCUT2D eigenvalue weighted by Crippen LogP contribution is 2.04.